The van der Waals surface area contributed by atoms with Gasteiger partial charge in [0.1, 0.15) is 31.2 Å². The smallest absolute Gasteiger partial charge is 0.465 e. The molecule has 0 saturated carbocycles. The number of imide groups is 1. The molecule has 25 nitrogen and oxygen atoms in total. The van der Waals surface area contributed by atoms with Crippen LogP contribution in [0.15, 0.2) is 0 Å². The standard InChI is InChI=1S/C14H18O5.C14H20O4.C14H22O3.C13H18O5.C13H20O4.C11H17NO3/c1-3-5-7-8(6(4-2)17-5)12-10-9(11(7)18-12)13(15)19-14(10)16;1-3-7-10-11(8(4-2)17-7)13-9-6(12(10)18-13)5-16-14(9)15;1-3-9-11-12(10(4-2)16-9)14-8-6-15-5-7(8)13(11)17-14;1-3-5-7-8(6(4-2)15-5)10-12-11(9(7)16-10)17-13(14)18-12;1-3-6-8-9(7(4-2)16-6)11-13-12(10(8)17-11)14-5-15-13;1-4-6-8-9(7(5-2)15-6)11(14)12(3)10(8)13/h5-12H,3-4H2,1-2H3;6-13H,3-5H2,1-2H3;7-14H,3-6H2,1-2H3;5-12H,3-4H2,1-2H3;6-13H,3-5H2,1-2H3;6-9H,4-5H2,1-3H3. The molecule has 0 aliphatic carbocycles. The lowest BCUT2D eigenvalue weighted by Gasteiger charge is -2.31. The maximum Gasteiger partial charge on any atom is 0.509 e. The number of carbonyl (C=O) groups excluding carboxylic acids is 6. The van der Waals surface area contributed by atoms with E-state index in [0.717, 1.165) is 90.3 Å². The molecule has 22 saturated heterocycles. The van der Waals surface area contributed by atoms with Gasteiger partial charge in [-0.2, -0.15) is 0 Å². The normalized spacial score (nSPS) is 54.8. The van der Waals surface area contributed by atoms with Crippen molar-refractivity contribution in [2.24, 2.45) is 107 Å². The summed E-state index contributed by atoms with van der Waals surface area (Å²) in [6.45, 7) is 28.5. The van der Waals surface area contributed by atoms with Gasteiger partial charge < -0.3 is 85.3 Å². The Morgan fingerprint density at radius 2 is 0.558 bits per heavy atom. The van der Waals surface area contributed by atoms with E-state index in [0.29, 0.717) is 115 Å². The summed E-state index contributed by atoms with van der Waals surface area (Å²) in [6, 6.07) is 0. The molecule has 0 N–H and O–H groups in total. The lowest BCUT2D eigenvalue weighted by molar-refractivity contribution is -0.158. The molecule has 22 heterocycles. The topological polar surface area (TPSA) is 272 Å². The number of fused-ring (bicyclic) bond motifs is 41. The summed E-state index contributed by atoms with van der Waals surface area (Å²) in [5.41, 5.74) is 0. The van der Waals surface area contributed by atoms with Crippen LogP contribution < -0.4 is 0 Å². The fraction of sp³-hybridized carbons (Fsp3) is 0.924. The molecule has 0 spiro atoms. The molecule has 0 aromatic rings. The van der Waals surface area contributed by atoms with Crippen molar-refractivity contribution in [2.75, 3.05) is 33.7 Å². The van der Waals surface area contributed by atoms with E-state index in [1.807, 2.05) is 13.8 Å². The lowest BCUT2D eigenvalue weighted by atomic mass is 9.66. The number of carbonyl (C=O) groups is 6. The van der Waals surface area contributed by atoms with Crippen LogP contribution in [0.4, 0.5) is 4.79 Å². The van der Waals surface area contributed by atoms with Crippen LogP contribution in [0.3, 0.4) is 0 Å². The van der Waals surface area contributed by atoms with Gasteiger partial charge in [-0.3, -0.25) is 28.9 Å². The van der Waals surface area contributed by atoms with Crippen LogP contribution in [0, 0.1) is 107 Å². The predicted molar refractivity (Wildman–Crippen MR) is 362 cm³/mol. The maximum absolute atomic E-state index is 11.9. The van der Waals surface area contributed by atoms with E-state index in [9.17, 15) is 28.8 Å². The summed E-state index contributed by atoms with van der Waals surface area (Å²) in [6.07, 6.45) is 15.1. The third kappa shape index (κ3) is 10.9. The van der Waals surface area contributed by atoms with Crippen molar-refractivity contribution in [2.45, 2.75) is 319 Å². The lowest BCUT2D eigenvalue weighted by Crippen LogP contribution is -2.47. The van der Waals surface area contributed by atoms with Gasteiger partial charge in [0.05, 0.1) is 171 Å². The predicted octanol–water partition coefficient (Wildman–Crippen LogP) is 7.75. The third-order valence-corrected chi connectivity index (χ3v) is 29.9. The first kappa shape index (κ1) is 73.3. The summed E-state index contributed by atoms with van der Waals surface area (Å²) in [4.78, 5) is 71.7. The molecular weight excluding hydrogens is 1350 g/mol. The Balaban J connectivity index is 0.0000000924. The molecule has 44 unspecified atom stereocenters. The molecule has 10 bridgehead atoms. The largest absolute Gasteiger partial charge is 0.509 e. The minimum absolute atomic E-state index is 0.00972. The summed E-state index contributed by atoms with van der Waals surface area (Å²) in [5.74, 6) is 3.91. The molecule has 22 aliphatic rings. The molecule has 22 rings (SSSR count). The molecular formula is C79H115NO24. The second-order valence-electron chi connectivity index (χ2n) is 33.8. The van der Waals surface area contributed by atoms with Gasteiger partial charge in [0.2, 0.25) is 11.8 Å². The molecule has 22 fully saturated rings. The highest BCUT2D eigenvalue weighted by atomic mass is 16.8. The molecule has 104 heavy (non-hydrogen) atoms. The van der Waals surface area contributed by atoms with Crippen LogP contribution in [0.25, 0.3) is 0 Å². The molecule has 44 atom stereocenters. The molecule has 2 amide bonds. The average Bonchev–Trinajstić information content (AvgIpc) is 1.61. The molecule has 25 heteroatoms. The van der Waals surface area contributed by atoms with Crippen molar-refractivity contribution in [3.05, 3.63) is 0 Å². The third-order valence-electron chi connectivity index (χ3n) is 29.9. The summed E-state index contributed by atoms with van der Waals surface area (Å²) >= 11 is 0. The van der Waals surface area contributed by atoms with E-state index in [1.54, 1.807) is 7.05 Å². The van der Waals surface area contributed by atoms with Gasteiger partial charge in [-0.05, 0) is 77.0 Å². The van der Waals surface area contributed by atoms with Crippen LogP contribution >= 0.6 is 0 Å². The Kier molecular flexibility index (Phi) is 20.2. The molecule has 0 radical (unpaired) electrons. The number of nitrogens with zero attached hydrogens (tertiary/aromatic N) is 1. The van der Waals surface area contributed by atoms with Crippen molar-refractivity contribution in [3.8, 4) is 0 Å². The maximum atomic E-state index is 11.9. The molecule has 580 valence electrons. The first-order chi connectivity index (χ1) is 50.5. The van der Waals surface area contributed by atoms with Gasteiger partial charge in [-0.1, -0.05) is 83.1 Å². The summed E-state index contributed by atoms with van der Waals surface area (Å²) < 4.78 is 105. The van der Waals surface area contributed by atoms with Crippen molar-refractivity contribution in [1.82, 2.24) is 4.90 Å². The zero-order chi connectivity index (χ0) is 72.5. The minimum atomic E-state index is -0.537. The first-order valence-corrected chi connectivity index (χ1v) is 41.1. The van der Waals surface area contributed by atoms with Crippen LogP contribution in [0.5, 0.6) is 0 Å². The van der Waals surface area contributed by atoms with E-state index >= 15 is 0 Å². The van der Waals surface area contributed by atoms with E-state index < -0.39 is 18.1 Å². The molecule has 0 aromatic carbocycles. The number of hydrogen-bond acceptors (Lipinski definition) is 24. The van der Waals surface area contributed by atoms with Gasteiger partial charge >= 0.3 is 24.1 Å². The highest BCUT2D eigenvalue weighted by Gasteiger charge is 2.76. The summed E-state index contributed by atoms with van der Waals surface area (Å²) in [7, 11) is 1.57. The number of esters is 3. The Labute approximate surface area is 611 Å². The Bertz CT molecular complexity index is 2990. The SMILES string of the molecule is CCC1OC(CC)C2C(=O)N(C)C(=O)C12.CCC1OC(CC)C2C3OC(C4C(=O)OC(=O)C34)C12.CCC1OC(CC)C2C3OC(C4COC(=O)C43)C12.CCC1OC(CC)C2C3OC(C4COCC43)C12.CCC1OC(CC)C2C3OC(C4OC(=O)OC43)C12.CCC1OC(CC)C2C3OC(C4OCOC43)C12. The Morgan fingerprint density at radius 1 is 0.279 bits per heavy atom. The van der Waals surface area contributed by atoms with Gasteiger partial charge in [-0.25, -0.2) is 4.79 Å². The highest BCUT2D eigenvalue weighted by Crippen LogP contribution is 2.64. The Morgan fingerprint density at radius 3 is 0.913 bits per heavy atom. The average molecular weight is 1460 g/mol. The zero-order valence-electron chi connectivity index (χ0n) is 63.0. The fourth-order valence-corrected chi connectivity index (χ4v) is 25.9. The van der Waals surface area contributed by atoms with Gasteiger partial charge in [0.25, 0.3) is 0 Å². The number of ether oxygens (including phenoxy) is 18. The van der Waals surface area contributed by atoms with E-state index in [-0.39, 0.29) is 181 Å². The highest BCUT2D eigenvalue weighted by molar-refractivity contribution is 6.05. The van der Waals surface area contributed by atoms with E-state index in [1.165, 1.54) is 4.90 Å². The van der Waals surface area contributed by atoms with Gasteiger partial charge in [0.15, 0.2) is 12.2 Å². The van der Waals surface area contributed by atoms with Gasteiger partial charge in [-0.15, -0.1) is 0 Å². The van der Waals surface area contributed by atoms with Crippen LogP contribution in [0.2, 0.25) is 0 Å². The van der Waals surface area contributed by atoms with Crippen LogP contribution in [-0.4, -0.2) is 233 Å². The van der Waals surface area contributed by atoms with Crippen LogP contribution in [0.1, 0.15) is 160 Å². The number of likely N-dealkylation sites (tertiary alicyclic amines) is 1. The fourth-order valence-electron chi connectivity index (χ4n) is 25.9. The number of rotatable bonds is 12. The molecule has 0 aromatic heterocycles. The second kappa shape index (κ2) is 28.6. The monoisotopic (exact) mass is 1460 g/mol. The van der Waals surface area contributed by atoms with Crippen molar-refractivity contribution >= 4 is 35.9 Å². The van der Waals surface area contributed by atoms with E-state index in [2.05, 4.69) is 69.2 Å². The summed E-state index contributed by atoms with van der Waals surface area (Å²) in [5, 5.41) is 0. The number of amides is 2. The zero-order valence-corrected chi connectivity index (χ0v) is 63.0. The van der Waals surface area contributed by atoms with Crippen molar-refractivity contribution in [3.63, 3.8) is 0 Å². The number of hydrogen-bond donors (Lipinski definition) is 0. The van der Waals surface area contributed by atoms with Crippen molar-refractivity contribution in [1.29, 1.82) is 0 Å². The second-order valence-corrected chi connectivity index (χ2v) is 33.8. The van der Waals surface area contributed by atoms with E-state index in [4.69, 9.17) is 85.3 Å². The minimum Gasteiger partial charge on any atom is -0.465 e. The molecule has 22 aliphatic heterocycles. The van der Waals surface area contributed by atoms with Crippen molar-refractivity contribution < 1.29 is 114 Å². The van der Waals surface area contributed by atoms with Crippen LogP contribution in [-0.2, 0) is 109 Å². The quantitative estimate of drug-likeness (QED) is 0.0781. The Hall–Kier alpha value is -3.54. The van der Waals surface area contributed by atoms with Gasteiger partial charge in [0, 0.05) is 84.0 Å². The number of cyclic esters (lactones) is 3. The first-order valence-electron chi connectivity index (χ1n) is 41.1.